The summed E-state index contributed by atoms with van der Waals surface area (Å²) in [5.74, 6) is 0. The Morgan fingerprint density at radius 3 is 2.00 bits per heavy atom. The first-order chi connectivity index (χ1) is 6.46. The van der Waals surface area contributed by atoms with E-state index < -0.39 is 0 Å². The Morgan fingerprint density at radius 2 is 1.64 bits per heavy atom. The third-order valence-electron chi connectivity index (χ3n) is 2.92. The number of rotatable bonds is 4. The van der Waals surface area contributed by atoms with Crippen molar-refractivity contribution in [2.75, 3.05) is 13.1 Å². The van der Waals surface area contributed by atoms with E-state index in [1.807, 2.05) is 0 Å². The molecule has 1 rings (SSSR count). The largest absolute Gasteiger partial charge is 0.373 e. The summed E-state index contributed by atoms with van der Waals surface area (Å²) in [7, 11) is 0. The molecule has 1 saturated carbocycles. The van der Waals surface area contributed by atoms with Crippen molar-refractivity contribution >= 4 is 0 Å². The van der Waals surface area contributed by atoms with Crippen LogP contribution in [0.2, 0.25) is 0 Å². The standard InChI is InChI=1S/C12H25NO/c1-6-13(7-2)10-8-11(9-10)14-12(3,4)5/h10-11H,6-9H2,1-5H3. The highest BCUT2D eigenvalue weighted by Gasteiger charge is 2.35. The highest BCUT2D eigenvalue weighted by Crippen LogP contribution is 2.31. The predicted molar refractivity (Wildman–Crippen MR) is 60.6 cm³/mol. The molecule has 0 atom stereocenters. The van der Waals surface area contributed by atoms with Gasteiger partial charge in [-0.25, -0.2) is 0 Å². The van der Waals surface area contributed by atoms with Gasteiger partial charge in [-0.3, -0.25) is 0 Å². The van der Waals surface area contributed by atoms with Crippen LogP contribution in [0.4, 0.5) is 0 Å². The monoisotopic (exact) mass is 199 g/mol. The molecule has 0 bridgehead atoms. The third kappa shape index (κ3) is 3.25. The molecule has 2 nitrogen and oxygen atoms in total. The third-order valence-corrected chi connectivity index (χ3v) is 2.92. The fraction of sp³-hybridized carbons (Fsp3) is 1.00. The molecule has 0 heterocycles. The van der Waals surface area contributed by atoms with E-state index in [1.165, 1.54) is 25.9 Å². The molecule has 0 radical (unpaired) electrons. The van der Waals surface area contributed by atoms with Gasteiger partial charge < -0.3 is 9.64 Å². The Labute approximate surface area is 88.6 Å². The van der Waals surface area contributed by atoms with Crippen LogP contribution in [0.25, 0.3) is 0 Å². The van der Waals surface area contributed by atoms with Crippen molar-refractivity contribution < 1.29 is 4.74 Å². The first kappa shape index (κ1) is 12.0. The molecule has 0 aliphatic heterocycles. The summed E-state index contributed by atoms with van der Waals surface area (Å²) in [4.78, 5) is 2.53. The molecule has 0 N–H and O–H groups in total. The Bertz CT molecular complexity index is 164. The van der Waals surface area contributed by atoms with E-state index in [0.717, 1.165) is 6.04 Å². The van der Waals surface area contributed by atoms with Crippen molar-refractivity contribution in [2.24, 2.45) is 0 Å². The topological polar surface area (TPSA) is 12.5 Å². The smallest absolute Gasteiger partial charge is 0.0612 e. The molecule has 14 heavy (non-hydrogen) atoms. The molecule has 0 unspecified atom stereocenters. The van der Waals surface area contributed by atoms with Crippen LogP contribution in [0, 0.1) is 0 Å². The summed E-state index contributed by atoms with van der Waals surface area (Å²) in [6, 6.07) is 0.775. The Morgan fingerprint density at radius 1 is 1.14 bits per heavy atom. The fourth-order valence-corrected chi connectivity index (χ4v) is 2.17. The average Bonchev–Trinajstić information content (AvgIpc) is 1.99. The first-order valence-corrected chi connectivity index (χ1v) is 5.88. The maximum absolute atomic E-state index is 5.92. The zero-order chi connectivity index (χ0) is 10.8. The molecule has 0 aromatic carbocycles. The van der Waals surface area contributed by atoms with Gasteiger partial charge in [0.1, 0.15) is 0 Å². The second-order valence-corrected chi connectivity index (χ2v) is 5.20. The molecular formula is C12H25NO. The van der Waals surface area contributed by atoms with Crippen molar-refractivity contribution in [3.05, 3.63) is 0 Å². The van der Waals surface area contributed by atoms with Gasteiger partial charge in [0.2, 0.25) is 0 Å². The number of hydrogen-bond acceptors (Lipinski definition) is 2. The molecule has 0 spiro atoms. The van der Waals surface area contributed by atoms with Gasteiger partial charge in [0.25, 0.3) is 0 Å². The normalized spacial score (nSPS) is 27.9. The number of nitrogens with zero attached hydrogens (tertiary/aromatic N) is 1. The van der Waals surface area contributed by atoms with Crippen molar-refractivity contribution in [1.29, 1.82) is 0 Å². The predicted octanol–water partition coefficient (Wildman–Crippen LogP) is 2.67. The fourth-order valence-electron chi connectivity index (χ4n) is 2.17. The van der Waals surface area contributed by atoms with E-state index >= 15 is 0 Å². The maximum Gasteiger partial charge on any atom is 0.0612 e. The van der Waals surface area contributed by atoms with Crippen LogP contribution in [0.5, 0.6) is 0 Å². The van der Waals surface area contributed by atoms with Crippen molar-refractivity contribution in [2.45, 2.75) is 65.2 Å². The van der Waals surface area contributed by atoms with E-state index in [0.29, 0.717) is 6.10 Å². The van der Waals surface area contributed by atoms with Crippen molar-refractivity contribution in [1.82, 2.24) is 4.90 Å². The molecule has 2 heteroatoms. The zero-order valence-electron chi connectivity index (χ0n) is 10.3. The van der Waals surface area contributed by atoms with Crippen LogP contribution in [0.3, 0.4) is 0 Å². The van der Waals surface area contributed by atoms with Crippen LogP contribution < -0.4 is 0 Å². The minimum Gasteiger partial charge on any atom is -0.373 e. The Balaban J connectivity index is 2.23. The summed E-state index contributed by atoms with van der Waals surface area (Å²) >= 11 is 0. The van der Waals surface area contributed by atoms with E-state index in [4.69, 9.17) is 4.74 Å². The van der Waals surface area contributed by atoms with Crippen LogP contribution in [-0.2, 0) is 4.74 Å². The lowest BCUT2D eigenvalue weighted by Gasteiger charge is -2.44. The van der Waals surface area contributed by atoms with Gasteiger partial charge in [-0.05, 0) is 46.7 Å². The first-order valence-electron chi connectivity index (χ1n) is 5.88. The van der Waals surface area contributed by atoms with Crippen LogP contribution >= 0.6 is 0 Å². The molecule has 0 aromatic heterocycles. The van der Waals surface area contributed by atoms with E-state index in [9.17, 15) is 0 Å². The summed E-state index contributed by atoms with van der Waals surface area (Å²) in [6.45, 7) is 13.2. The van der Waals surface area contributed by atoms with Crippen LogP contribution in [0.1, 0.15) is 47.5 Å². The van der Waals surface area contributed by atoms with E-state index in [1.54, 1.807) is 0 Å². The second-order valence-electron chi connectivity index (χ2n) is 5.20. The highest BCUT2D eigenvalue weighted by molar-refractivity contribution is 4.88. The number of ether oxygens (including phenoxy) is 1. The average molecular weight is 199 g/mol. The highest BCUT2D eigenvalue weighted by atomic mass is 16.5. The Kier molecular flexibility index (Phi) is 3.96. The molecule has 84 valence electrons. The molecule has 1 fully saturated rings. The lowest BCUT2D eigenvalue weighted by atomic mass is 9.87. The quantitative estimate of drug-likeness (QED) is 0.690. The zero-order valence-corrected chi connectivity index (χ0v) is 10.3. The van der Waals surface area contributed by atoms with Gasteiger partial charge in [-0.15, -0.1) is 0 Å². The Hall–Kier alpha value is -0.0800. The van der Waals surface area contributed by atoms with E-state index in [2.05, 4.69) is 39.5 Å². The minimum atomic E-state index is 0.0267. The van der Waals surface area contributed by atoms with Gasteiger partial charge in [-0.1, -0.05) is 13.8 Å². The molecule has 1 aliphatic carbocycles. The second kappa shape index (κ2) is 4.63. The molecule has 0 amide bonds. The molecule has 0 saturated heterocycles. The lowest BCUT2D eigenvalue weighted by Crippen LogP contribution is -2.49. The number of hydrogen-bond donors (Lipinski definition) is 0. The van der Waals surface area contributed by atoms with Gasteiger partial charge in [0.05, 0.1) is 11.7 Å². The maximum atomic E-state index is 5.92. The summed E-state index contributed by atoms with van der Waals surface area (Å²) in [5.41, 5.74) is 0.0267. The molecular weight excluding hydrogens is 174 g/mol. The van der Waals surface area contributed by atoms with E-state index in [-0.39, 0.29) is 5.60 Å². The van der Waals surface area contributed by atoms with Gasteiger partial charge in [-0.2, -0.15) is 0 Å². The van der Waals surface area contributed by atoms with Crippen LogP contribution in [0.15, 0.2) is 0 Å². The molecule has 0 aromatic rings. The SMILES string of the molecule is CCN(CC)C1CC(OC(C)(C)C)C1. The minimum absolute atomic E-state index is 0.0267. The molecule has 1 aliphatic rings. The summed E-state index contributed by atoms with van der Waals surface area (Å²) in [6.07, 6.45) is 2.94. The summed E-state index contributed by atoms with van der Waals surface area (Å²) < 4.78 is 5.92. The van der Waals surface area contributed by atoms with Gasteiger partial charge >= 0.3 is 0 Å². The van der Waals surface area contributed by atoms with Crippen LogP contribution in [-0.4, -0.2) is 35.7 Å². The van der Waals surface area contributed by atoms with Gasteiger partial charge in [0.15, 0.2) is 0 Å². The summed E-state index contributed by atoms with van der Waals surface area (Å²) in [5, 5.41) is 0. The van der Waals surface area contributed by atoms with Crippen molar-refractivity contribution in [3.8, 4) is 0 Å². The van der Waals surface area contributed by atoms with Crippen molar-refractivity contribution in [3.63, 3.8) is 0 Å². The lowest BCUT2D eigenvalue weighted by molar-refractivity contribution is -0.119. The van der Waals surface area contributed by atoms with Gasteiger partial charge in [0, 0.05) is 6.04 Å².